The van der Waals surface area contributed by atoms with Gasteiger partial charge in [-0.2, -0.15) is 0 Å². The van der Waals surface area contributed by atoms with Gasteiger partial charge in [-0.05, 0) is 40.5 Å². The summed E-state index contributed by atoms with van der Waals surface area (Å²) >= 11 is 0. The Bertz CT molecular complexity index is 708. The zero-order valence-electron chi connectivity index (χ0n) is 17.9. The molecule has 0 aliphatic carbocycles. The first kappa shape index (κ1) is 23.7. The van der Waals surface area contributed by atoms with Gasteiger partial charge < -0.3 is 24.8 Å². The van der Waals surface area contributed by atoms with Gasteiger partial charge in [0.1, 0.15) is 18.0 Å². The number of fused-ring (bicyclic) bond motifs is 1. The number of likely N-dealkylation sites (tertiary alicyclic amines) is 1. The average molecular weight is 519 g/mol. The molecule has 0 bridgehead atoms. The first-order valence-corrected chi connectivity index (χ1v) is 10.3. The van der Waals surface area contributed by atoms with Crippen molar-refractivity contribution in [2.24, 2.45) is 4.99 Å². The average Bonchev–Trinajstić information content (AvgIpc) is 2.80. The van der Waals surface area contributed by atoms with Crippen LogP contribution in [0.25, 0.3) is 0 Å². The van der Waals surface area contributed by atoms with Crippen LogP contribution in [0.4, 0.5) is 4.79 Å². The van der Waals surface area contributed by atoms with Gasteiger partial charge in [0, 0.05) is 32.6 Å². The molecule has 0 saturated carbocycles. The van der Waals surface area contributed by atoms with Crippen molar-refractivity contribution in [3.05, 3.63) is 11.6 Å². The Hall–Kier alpha value is -1.59. The Balaban J connectivity index is 0.00000300. The Kier molecular flexibility index (Phi) is 8.53. The number of ether oxygens (including phenoxy) is 1. The van der Waals surface area contributed by atoms with E-state index in [-0.39, 0.29) is 36.1 Å². The summed E-state index contributed by atoms with van der Waals surface area (Å²) in [5.74, 6) is 2.73. The van der Waals surface area contributed by atoms with Crippen molar-refractivity contribution in [3.8, 4) is 0 Å². The molecule has 1 saturated heterocycles. The van der Waals surface area contributed by atoms with E-state index >= 15 is 0 Å². The summed E-state index contributed by atoms with van der Waals surface area (Å²) in [7, 11) is 0. The highest BCUT2D eigenvalue weighted by Crippen LogP contribution is 2.16. The topological polar surface area (TPSA) is 96.7 Å². The lowest BCUT2D eigenvalue weighted by molar-refractivity contribution is 0.00701. The molecule has 1 amide bonds. The van der Waals surface area contributed by atoms with Crippen molar-refractivity contribution in [1.82, 2.24) is 30.3 Å². The van der Waals surface area contributed by atoms with Crippen LogP contribution >= 0.6 is 24.0 Å². The van der Waals surface area contributed by atoms with Crippen molar-refractivity contribution >= 4 is 36.0 Å². The molecule has 164 valence electrons. The molecule has 0 unspecified atom stereocenters. The van der Waals surface area contributed by atoms with Gasteiger partial charge in [-0.3, -0.25) is 0 Å². The number of nitrogens with zero attached hydrogens (tertiary/aromatic N) is 5. The SMILES string of the molecule is CCNC(=NCc1nnc2n1CCCCC2)NC1CN(C(=O)OC(C)(C)C)C1.I. The van der Waals surface area contributed by atoms with Crippen LogP contribution in [0.3, 0.4) is 0 Å². The molecule has 3 heterocycles. The Morgan fingerprint density at radius 3 is 2.69 bits per heavy atom. The van der Waals surface area contributed by atoms with Crippen LogP contribution in [-0.2, 0) is 24.2 Å². The second-order valence-electron chi connectivity index (χ2n) is 8.42. The van der Waals surface area contributed by atoms with E-state index in [1.807, 2.05) is 27.7 Å². The van der Waals surface area contributed by atoms with Gasteiger partial charge in [0.25, 0.3) is 0 Å². The van der Waals surface area contributed by atoms with Gasteiger partial charge in [-0.25, -0.2) is 9.79 Å². The largest absolute Gasteiger partial charge is 0.444 e. The fraction of sp³-hybridized carbons (Fsp3) is 0.789. The second kappa shape index (κ2) is 10.4. The lowest BCUT2D eigenvalue weighted by atomic mass is 10.1. The maximum Gasteiger partial charge on any atom is 0.410 e. The van der Waals surface area contributed by atoms with Gasteiger partial charge >= 0.3 is 6.09 Å². The first-order chi connectivity index (χ1) is 13.4. The molecule has 2 aliphatic heterocycles. The molecular formula is C19H34IN7O2. The molecule has 1 fully saturated rings. The fourth-order valence-corrected chi connectivity index (χ4v) is 3.37. The van der Waals surface area contributed by atoms with Gasteiger partial charge in [-0.15, -0.1) is 34.2 Å². The molecule has 9 nitrogen and oxygen atoms in total. The quantitative estimate of drug-likeness (QED) is 0.360. The lowest BCUT2D eigenvalue weighted by Crippen LogP contribution is -2.63. The maximum absolute atomic E-state index is 12.1. The minimum absolute atomic E-state index is 0. The smallest absolute Gasteiger partial charge is 0.410 e. The van der Waals surface area contributed by atoms with E-state index in [1.54, 1.807) is 4.90 Å². The van der Waals surface area contributed by atoms with Crippen LogP contribution in [-0.4, -0.2) is 63.0 Å². The van der Waals surface area contributed by atoms with Crippen LogP contribution in [0.15, 0.2) is 4.99 Å². The maximum atomic E-state index is 12.1. The van der Waals surface area contributed by atoms with E-state index < -0.39 is 5.60 Å². The molecule has 0 radical (unpaired) electrons. The van der Waals surface area contributed by atoms with Crippen molar-refractivity contribution in [3.63, 3.8) is 0 Å². The third kappa shape index (κ3) is 6.71. The Labute approximate surface area is 190 Å². The summed E-state index contributed by atoms with van der Waals surface area (Å²) < 4.78 is 7.61. The number of aryl methyl sites for hydroxylation is 1. The number of aliphatic imine (C=N–C) groups is 1. The molecular weight excluding hydrogens is 485 g/mol. The van der Waals surface area contributed by atoms with Gasteiger partial charge in [0.2, 0.25) is 0 Å². The van der Waals surface area contributed by atoms with Crippen molar-refractivity contribution < 1.29 is 9.53 Å². The molecule has 2 N–H and O–H groups in total. The number of amides is 1. The molecule has 1 aromatic rings. The summed E-state index contributed by atoms with van der Waals surface area (Å²) in [4.78, 5) is 18.4. The minimum atomic E-state index is -0.470. The van der Waals surface area contributed by atoms with Crippen LogP contribution in [0.1, 0.15) is 58.6 Å². The number of hydrogen-bond donors (Lipinski definition) is 2. The van der Waals surface area contributed by atoms with E-state index in [0.29, 0.717) is 19.6 Å². The van der Waals surface area contributed by atoms with Crippen LogP contribution in [0, 0.1) is 0 Å². The number of hydrogen-bond acceptors (Lipinski definition) is 5. The number of halogens is 1. The van der Waals surface area contributed by atoms with Crippen LogP contribution < -0.4 is 10.6 Å². The number of carbonyl (C=O) groups excluding carboxylic acids is 1. The van der Waals surface area contributed by atoms with E-state index in [9.17, 15) is 4.79 Å². The van der Waals surface area contributed by atoms with Crippen LogP contribution in [0.2, 0.25) is 0 Å². The minimum Gasteiger partial charge on any atom is -0.444 e. The number of nitrogens with one attached hydrogen (secondary N) is 2. The van der Waals surface area contributed by atoms with E-state index in [2.05, 4.69) is 30.4 Å². The first-order valence-electron chi connectivity index (χ1n) is 10.3. The fourth-order valence-electron chi connectivity index (χ4n) is 3.37. The Morgan fingerprint density at radius 1 is 1.24 bits per heavy atom. The number of aromatic nitrogens is 3. The highest BCUT2D eigenvalue weighted by molar-refractivity contribution is 14.0. The van der Waals surface area contributed by atoms with Gasteiger partial charge in [-0.1, -0.05) is 6.42 Å². The third-order valence-corrected chi connectivity index (χ3v) is 4.78. The summed E-state index contributed by atoms with van der Waals surface area (Å²) in [5.41, 5.74) is -0.470. The van der Waals surface area contributed by atoms with E-state index in [4.69, 9.17) is 4.74 Å². The summed E-state index contributed by atoms with van der Waals surface area (Å²) in [6, 6.07) is 0.167. The monoisotopic (exact) mass is 519 g/mol. The molecule has 0 aromatic carbocycles. The molecule has 10 heteroatoms. The van der Waals surface area contributed by atoms with E-state index in [1.165, 1.54) is 19.3 Å². The van der Waals surface area contributed by atoms with Gasteiger partial charge in [0.05, 0.1) is 6.04 Å². The van der Waals surface area contributed by atoms with Gasteiger partial charge in [0.15, 0.2) is 11.8 Å². The summed E-state index contributed by atoms with van der Waals surface area (Å²) in [6.45, 7) is 11.1. The number of rotatable bonds is 4. The molecule has 0 atom stereocenters. The number of carbonyl (C=O) groups is 1. The highest BCUT2D eigenvalue weighted by Gasteiger charge is 2.34. The highest BCUT2D eigenvalue weighted by atomic mass is 127. The summed E-state index contributed by atoms with van der Waals surface area (Å²) in [6.07, 6.45) is 4.33. The van der Waals surface area contributed by atoms with E-state index in [0.717, 1.165) is 37.1 Å². The zero-order chi connectivity index (χ0) is 20.1. The zero-order valence-corrected chi connectivity index (χ0v) is 20.2. The Morgan fingerprint density at radius 2 is 2.00 bits per heavy atom. The predicted octanol–water partition coefficient (Wildman–Crippen LogP) is 2.30. The number of guanidine groups is 1. The molecule has 1 aromatic heterocycles. The molecule has 2 aliphatic rings. The second-order valence-corrected chi connectivity index (χ2v) is 8.42. The predicted molar refractivity (Wildman–Crippen MR) is 123 cm³/mol. The van der Waals surface area contributed by atoms with Crippen molar-refractivity contribution in [2.75, 3.05) is 19.6 Å². The molecule has 29 heavy (non-hydrogen) atoms. The standard InChI is InChI=1S/C19H33N7O2.HI/c1-5-20-17(22-14-12-25(13-14)18(27)28-19(2,3)4)21-11-16-24-23-15-9-7-6-8-10-26(15)16;/h14H,5-13H2,1-4H3,(H2,20,21,22);1H. The normalized spacial score (nSPS) is 17.5. The van der Waals surface area contributed by atoms with Crippen molar-refractivity contribution in [1.29, 1.82) is 0 Å². The molecule has 0 spiro atoms. The lowest BCUT2D eigenvalue weighted by Gasteiger charge is -2.40. The van der Waals surface area contributed by atoms with Crippen molar-refractivity contribution in [2.45, 2.75) is 78.1 Å². The molecule has 3 rings (SSSR count). The summed E-state index contributed by atoms with van der Waals surface area (Å²) in [5, 5.41) is 15.3. The van der Waals surface area contributed by atoms with Crippen LogP contribution in [0.5, 0.6) is 0 Å². The third-order valence-electron chi connectivity index (χ3n) is 4.78.